The van der Waals surface area contributed by atoms with Gasteiger partial charge in [-0.3, -0.25) is 9.59 Å². The fourth-order valence-electron chi connectivity index (χ4n) is 3.53. The lowest BCUT2D eigenvalue weighted by molar-refractivity contribution is -0.151. The maximum Gasteiger partial charge on any atom is 0.310 e. The Labute approximate surface area is 127 Å². The van der Waals surface area contributed by atoms with Crippen molar-refractivity contribution in [2.45, 2.75) is 51.9 Å². The van der Waals surface area contributed by atoms with E-state index in [0.29, 0.717) is 19.4 Å². The molecule has 1 aliphatic carbocycles. The lowest BCUT2D eigenvalue weighted by atomic mass is 9.79. The molecule has 5 nitrogen and oxygen atoms in total. The highest BCUT2D eigenvalue weighted by molar-refractivity contribution is 5.85. The van der Waals surface area contributed by atoms with Gasteiger partial charge in [-0.1, -0.05) is 19.8 Å². The third-order valence-corrected chi connectivity index (χ3v) is 5.42. The summed E-state index contributed by atoms with van der Waals surface area (Å²) in [5.41, 5.74) is -0.661. The van der Waals surface area contributed by atoms with Crippen LogP contribution in [-0.2, 0) is 9.59 Å². The van der Waals surface area contributed by atoms with E-state index in [9.17, 15) is 14.7 Å². The highest BCUT2D eigenvalue weighted by atomic mass is 16.4. The maximum absolute atomic E-state index is 12.2. The molecule has 1 saturated heterocycles. The smallest absolute Gasteiger partial charge is 0.310 e. The summed E-state index contributed by atoms with van der Waals surface area (Å²) in [6.07, 6.45) is 5.41. The lowest BCUT2D eigenvalue weighted by Crippen LogP contribution is -2.44. The first kappa shape index (κ1) is 16.3. The molecule has 2 N–H and O–H groups in total. The number of nitrogens with zero attached hydrogens (tertiary/aromatic N) is 1. The zero-order valence-corrected chi connectivity index (χ0v) is 13.3. The molecular weight excluding hydrogens is 268 g/mol. The monoisotopic (exact) mass is 296 g/mol. The number of carbonyl (C=O) groups excluding carboxylic acids is 1. The summed E-state index contributed by atoms with van der Waals surface area (Å²) in [6, 6.07) is 0. The van der Waals surface area contributed by atoms with Gasteiger partial charge in [0.05, 0.1) is 5.41 Å². The number of carboxylic acid groups (broad SMARTS) is 1. The second kappa shape index (κ2) is 6.34. The lowest BCUT2D eigenvalue weighted by Gasteiger charge is -2.38. The number of aliphatic carboxylic acids is 1. The topological polar surface area (TPSA) is 69.6 Å². The molecule has 0 aromatic carbocycles. The molecule has 1 amide bonds. The van der Waals surface area contributed by atoms with E-state index in [0.717, 1.165) is 38.8 Å². The Kier molecular flexibility index (Phi) is 4.91. The van der Waals surface area contributed by atoms with Gasteiger partial charge >= 0.3 is 5.97 Å². The highest BCUT2D eigenvalue weighted by Gasteiger charge is 2.43. The second-order valence-corrected chi connectivity index (χ2v) is 7.36. The number of piperidine rings is 1. The number of rotatable bonds is 5. The van der Waals surface area contributed by atoms with E-state index in [2.05, 4.69) is 24.2 Å². The van der Waals surface area contributed by atoms with E-state index in [4.69, 9.17) is 0 Å². The number of nitrogens with one attached hydrogen (secondary N) is 1. The number of hydrogen-bond donors (Lipinski definition) is 2. The van der Waals surface area contributed by atoms with Crippen LogP contribution < -0.4 is 5.32 Å². The maximum atomic E-state index is 12.2. The van der Waals surface area contributed by atoms with Gasteiger partial charge in [0, 0.05) is 13.0 Å². The van der Waals surface area contributed by atoms with Crippen molar-refractivity contribution in [3.8, 4) is 0 Å². The third kappa shape index (κ3) is 3.96. The summed E-state index contributed by atoms with van der Waals surface area (Å²) in [6.45, 7) is 5.00. The standard InChI is InChI=1S/C16H28N2O3/c1-15(7-9-18(2)10-8-15)12-17-13(19)11-16(14(20)21)5-3-4-6-16/h3-12H2,1-2H3,(H,17,19)(H,20,21). The Morgan fingerprint density at radius 2 is 1.71 bits per heavy atom. The quantitative estimate of drug-likeness (QED) is 0.812. The van der Waals surface area contributed by atoms with Gasteiger partial charge in [0.25, 0.3) is 0 Å². The van der Waals surface area contributed by atoms with Crippen molar-refractivity contribution in [3.05, 3.63) is 0 Å². The molecule has 5 heteroatoms. The van der Waals surface area contributed by atoms with Gasteiger partial charge < -0.3 is 15.3 Å². The number of amides is 1. The number of carboxylic acids is 1. The van der Waals surface area contributed by atoms with Crippen molar-refractivity contribution in [1.82, 2.24) is 10.2 Å². The van der Waals surface area contributed by atoms with Crippen LogP contribution in [0.5, 0.6) is 0 Å². The van der Waals surface area contributed by atoms with Gasteiger partial charge in [-0.05, 0) is 51.2 Å². The van der Waals surface area contributed by atoms with Gasteiger partial charge in [0.1, 0.15) is 0 Å². The van der Waals surface area contributed by atoms with Crippen LogP contribution in [0.4, 0.5) is 0 Å². The zero-order chi connectivity index (χ0) is 15.5. The predicted molar refractivity (Wildman–Crippen MR) is 81.0 cm³/mol. The molecule has 2 fully saturated rings. The van der Waals surface area contributed by atoms with Crippen molar-refractivity contribution < 1.29 is 14.7 Å². The van der Waals surface area contributed by atoms with Gasteiger partial charge in [-0.15, -0.1) is 0 Å². The number of hydrogen-bond acceptors (Lipinski definition) is 3. The summed E-state index contributed by atoms with van der Waals surface area (Å²) < 4.78 is 0. The van der Waals surface area contributed by atoms with E-state index >= 15 is 0 Å². The third-order valence-electron chi connectivity index (χ3n) is 5.42. The van der Waals surface area contributed by atoms with Crippen LogP contribution in [0.3, 0.4) is 0 Å². The first-order valence-electron chi connectivity index (χ1n) is 8.04. The average molecular weight is 296 g/mol. The molecule has 0 radical (unpaired) electrons. The van der Waals surface area contributed by atoms with Gasteiger partial charge in [-0.25, -0.2) is 0 Å². The minimum Gasteiger partial charge on any atom is -0.481 e. The van der Waals surface area contributed by atoms with E-state index in [1.54, 1.807) is 0 Å². The van der Waals surface area contributed by atoms with E-state index in [1.165, 1.54) is 0 Å². The normalized spacial score (nSPS) is 24.7. The summed E-state index contributed by atoms with van der Waals surface area (Å²) >= 11 is 0. The van der Waals surface area contributed by atoms with Crippen molar-refractivity contribution >= 4 is 11.9 Å². The van der Waals surface area contributed by atoms with Crippen molar-refractivity contribution in [3.63, 3.8) is 0 Å². The molecule has 0 aromatic heterocycles. The molecule has 0 atom stereocenters. The average Bonchev–Trinajstić information content (AvgIpc) is 2.90. The SMILES string of the molecule is CN1CCC(C)(CNC(=O)CC2(C(=O)O)CCCC2)CC1. The van der Waals surface area contributed by atoms with Crippen LogP contribution in [0, 0.1) is 10.8 Å². The Morgan fingerprint density at radius 3 is 2.24 bits per heavy atom. The molecule has 2 aliphatic rings. The van der Waals surface area contributed by atoms with E-state index in [1.807, 2.05) is 0 Å². The minimum atomic E-state index is -0.808. The molecule has 120 valence electrons. The molecule has 21 heavy (non-hydrogen) atoms. The number of likely N-dealkylation sites (tertiary alicyclic amines) is 1. The van der Waals surface area contributed by atoms with Crippen LogP contribution in [-0.4, -0.2) is 48.6 Å². The zero-order valence-electron chi connectivity index (χ0n) is 13.3. The second-order valence-electron chi connectivity index (χ2n) is 7.36. The molecule has 0 aromatic rings. The Hall–Kier alpha value is -1.10. The van der Waals surface area contributed by atoms with Gasteiger partial charge in [-0.2, -0.15) is 0 Å². The molecule has 0 spiro atoms. The van der Waals surface area contributed by atoms with Crippen LogP contribution in [0.15, 0.2) is 0 Å². The first-order chi connectivity index (χ1) is 9.85. The fourth-order valence-corrected chi connectivity index (χ4v) is 3.53. The van der Waals surface area contributed by atoms with E-state index in [-0.39, 0.29) is 17.7 Å². The summed E-state index contributed by atoms with van der Waals surface area (Å²) in [5.74, 6) is -0.903. The molecule has 1 saturated carbocycles. The van der Waals surface area contributed by atoms with Crippen LogP contribution in [0.2, 0.25) is 0 Å². The van der Waals surface area contributed by atoms with Crippen molar-refractivity contribution in [1.29, 1.82) is 0 Å². The Morgan fingerprint density at radius 1 is 1.14 bits per heavy atom. The fraction of sp³-hybridized carbons (Fsp3) is 0.875. The highest BCUT2D eigenvalue weighted by Crippen LogP contribution is 2.41. The van der Waals surface area contributed by atoms with Gasteiger partial charge in [0.2, 0.25) is 5.91 Å². The predicted octanol–water partition coefficient (Wildman–Crippen LogP) is 1.87. The molecule has 1 aliphatic heterocycles. The van der Waals surface area contributed by atoms with Crippen LogP contribution in [0.1, 0.15) is 51.9 Å². The molecule has 0 bridgehead atoms. The van der Waals surface area contributed by atoms with E-state index < -0.39 is 11.4 Å². The number of carbonyl (C=O) groups is 2. The molecule has 1 heterocycles. The summed E-state index contributed by atoms with van der Waals surface area (Å²) in [5, 5.41) is 12.4. The molecule has 0 unspecified atom stereocenters. The Balaban J connectivity index is 1.83. The minimum absolute atomic E-state index is 0.0977. The van der Waals surface area contributed by atoms with Crippen LogP contribution in [0.25, 0.3) is 0 Å². The first-order valence-corrected chi connectivity index (χ1v) is 8.04. The van der Waals surface area contributed by atoms with Crippen molar-refractivity contribution in [2.24, 2.45) is 10.8 Å². The summed E-state index contributed by atoms with van der Waals surface area (Å²) in [7, 11) is 2.12. The Bertz CT molecular complexity index is 394. The molecular formula is C16H28N2O3. The summed E-state index contributed by atoms with van der Waals surface area (Å²) in [4.78, 5) is 26.0. The van der Waals surface area contributed by atoms with Crippen molar-refractivity contribution in [2.75, 3.05) is 26.7 Å². The molecule has 2 rings (SSSR count). The van der Waals surface area contributed by atoms with Gasteiger partial charge in [0.15, 0.2) is 0 Å². The largest absolute Gasteiger partial charge is 0.481 e. The van der Waals surface area contributed by atoms with Crippen LogP contribution >= 0.6 is 0 Å².